The summed E-state index contributed by atoms with van der Waals surface area (Å²) in [5, 5.41) is 31.8. The Hall–Kier alpha value is -2.22. The summed E-state index contributed by atoms with van der Waals surface area (Å²) in [5.74, 6) is 0.400. The van der Waals surface area contributed by atoms with E-state index in [-0.39, 0.29) is 6.54 Å². The molecule has 0 saturated carbocycles. The van der Waals surface area contributed by atoms with Gasteiger partial charge in [-0.05, 0) is 12.1 Å². The maximum absolute atomic E-state index is 9.87. The van der Waals surface area contributed by atoms with Crippen molar-refractivity contribution < 1.29 is 19.7 Å². The molecule has 0 fully saturated rings. The van der Waals surface area contributed by atoms with E-state index in [2.05, 4.69) is 15.3 Å². The normalized spacial score (nSPS) is 12.1. The van der Waals surface area contributed by atoms with Crippen molar-refractivity contribution in [3.63, 3.8) is 0 Å². The zero-order valence-electron chi connectivity index (χ0n) is 11.2. The van der Waals surface area contributed by atoms with Crippen LogP contribution < -0.4 is 5.32 Å². The molecule has 0 aliphatic carbocycles. The Balaban J connectivity index is 1.99. The Morgan fingerprint density at radius 1 is 1.14 bits per heavy atom. The van der Waals surface area contributed by atoms with Crippen LogP contribution in [0.2, 0.25) is 0 Å². The number of rotatable bonds is 5. The van der Waals surface area contributed by atoms with Crippen LogP contribution in [-0.2, 0) is 0 Å². The molecule has 110 valence electrons. The fraction of sp³-hybridized carbons (Fsp3) is 0.286. The van der Waals surface area contributed by atoms with Crippen LogP contribution in [0.1, 0.15) is 0 Å². The minimum Gasteiger partial charge on any atom is -0.450 e. The summed E-state index contributed by atoms with van der Waals surface area (Å²) < 4.78 is 5.72. The molecule has 3 aromatic rings. The maximum Gasteiger partial charge on any atom is 0.196 e. The Labute approximate surface area is 119 Å². The van der Waals surface area contributed by atoms with E-state index >= 15 is 0 Å². The maximum atomic E-state index is 9.87. The largest absolute Gasteiger partial charge is 0.450 e. The van der Waals surface area contributed by atoms with E-state index in [1.165, 1.54) is 6.33 Å². The second-order valence-electron chi connectivity index (χ2n) is 4.89. The number of aromatic nitrogens is 2. The van der Waals surface area contributed by atoms with Crippen LogP contribution >= 0.6 is 0 Å². The summed E-state index contributed by atoms with van der Waals surface area (Å²) >= 11 is 0. The van der Waals surface area contributed by atoms with E-state index in [4.69, 9.17) is 14.6 Å². The highest BCUT2D eigenvalue weighted by molar-refractivity contribution is 6.05. The van der Waals surface area contributed by atoms with Gasteiger partial charge in [0.2, 0.25) is 0 Å². The van der Waals surface area contributed by atoms with Crippen LogP contribution in [0, 0.1) is 0 Å². The van der Waals surface area contributed by atoms with E-state index < -0.39 is 18.8 Å². The lowest BCUT2D eigenvalue weighted by molar-refractivity contribution is -0.0442. The van der Waals surface area contributed by atoms with Gasteiger partial charge in [0.15, 0.2) is 11.4 Å². The minimum absolute atomic E-state index is 0.0663. The van der Waals surface area contributed by atoms with E-state index in [0.29, 0.717) is 22.5 Å². The average molecular weight is 289 g/mol. The third kappa shape index (κ3) is 2.42. The first-order valence-corrected chi connectivity index (χ1v) is 6.47. The average Bonchev–Trinajstić information content (AvgIpc) is 2.92. The number of nitrogens with one attached hydrogen (secondary N) is 1. The highest BCUT2D eigenvalue weighted by atomic mass is 16.4. The fourth-order valence-electron chi connectivity index (χ4n) is 2.06. The smallest absolute Gasteiger partial charge is 0.196 e. The molecule has 3 rings (SSSR count). The van der Waals surface area contributed by atoms with Crippen LogP contribution in [0.5, 0.6) is 0 Å². The first-order chi connectivity index (χ1) is 10.2. The first-order valence-electron chi connectivity index (χ1n) is 6.47. The third-order valence-electron chi connectivity index (χ3n) is 3.33. The zero-order chi connectivity index (χ0) is 14.9. The van der Waals surface area contributed by atoms with Crippen LogP contribution in [0.15, 0.2) is 35.0 Å². The molecule has 0 saturated heterocycles. The number of furan rings is 1. The van der Waals surface area contributed by atoms with Gasteiger partial charge in [0, 0.05) is 11.9 Å². The summed E-state index contributed by atoms with van der Waals surface area (Å²) in [6.07, 6.45) is 1.39. The SMILES string of the molecule is OCC(O)(CO)CNc1ncnc2c1oc1ccccc12. The summed E-state index contributed by atoms with van der Waals surface area (Å²) in [4.78, 5) is 8.29. The molecular formula is C14H15N3O4. The second kappa shape index (κ2) is 5.28. The minimum atomic E-state index is -1.62. The standard InChI is InChI=1S/C14H15N3O4/c18-6-14(20,7-19)5-15-13-12-11(16-8-17-13)9-3-1-2-4-10(9)21-12/h1-4,8,18-20H,5-7H2,(H,15,16,17). The predicted molar refractivity (Wildman–Crippen MR) is 76.9 cm³/mol. The number of para-hydroxylation sites is 1. The molecule has 0 amide bonds. The fourth-order valence-corrected chi connectivity index (χ4v) is 2.06. The lowest BCUT2D eigenvalue weighted by atomic mass is 10.1. The van der Waals surface area contributed by atoms with Crippen LogP contribution in [0.3, 0.4) is 0 Å². The second-order valence-corrected chi connectivity index (χ2v) is 4.89. The third-order valence-corrected chi connectivity index (χ3v) is 3.33. The van der Waals surface area contributed by atoms with Gasteiger partial charge in [0.05, 0.1) is 13.2 Å². The summed E-state index contributed by atoms with van der Waals surface area (Å²) in [7, 11) is 0. The predicted octanol–water partition coefficient (Wildman–Crippen LogP) is 0.504. The molecule has 4 N–H and O–H groups in total. The van der Waals surface area contributed by atoms with E-state index in [0.717, 1.165) is 5.39 Å². The van der Waals surface area contributed by atoms with Gasteiger partial charge in [-0.3, -0.25) is 0 Å². The molecule has 0 atom stereocenters. The van der Waals surface area contributed by atoms with Crippen molar-refractivity contribution in [3.8, 4) is 0 Å². The molecule has 21 heavy (non-hydrogen) atoms. The van der Waals surface area contributed by atoms with Gasteiger partial charge in [-0.1, -0.05) is 12.1 Å². The number of benzene rings is 1. The number of anilines is 1. The molecule has 0 aliphatic rings. The Morgan fingerprint density at radius 3 is 2.67 bits per heavy atom. The number of nitrogens with zero attached hydrogens (tertiary/aromatic N) is 2. The van der Waals surface area contributed by atoms with Gasteiger partial charge in [-0.25, -0.2) is 9.97 Å². The molecule has 2 heterocycles. The monoisotopic (exact) mass is 289 g/mol. The van der Waals surface area contributed by atoms with Crippen molar-refractivity contribution >= 4 is 27.9 Å². The highest BCUT2D eigenvalue weighted by Gasteiger charge is 2.25. The van der Waals surface area contributed by atoms with E-state index in [1.54, 1.807) is 0 Å². The number of aliphatic hydroxyl groups excluding tert-OH is 2. The number of hydrogen-bond acceptors (Lipinski definition) is 7. The summed E-state index contributed by atoms with van der Waals surface area (Å²) in [6.45, 7) is -1.20. The summed E-state index contributed by atoms with van der Waals surface area (Å²) in [6, 6.07) is 7.48. The molecule has 7 heteroatoms. The number of aliphatic hydroxyl groups is 3. The van der Waals surface area contributed by atoms with Crippen molar-refractivity contribution in [2.75, 3.05) is 25.1 Å². The van der Waals surface area contributed by atoms with Crippen molar-refractivity contribution in [1.29, 1.82) is 0 Å². The van der Waals surface area contributed by atoms with Gasteiger partial charge in [-0.2, -0.15) is 0 Å². The van der Waals surface area contributed by atoms with Crippen molar-refractivity contribution in [2.45, 2.75) is 5.60 Å². The Bertz CT molecular complexity index is 767. The Kier molecular flexibility index (Phi) is 3.46. The Morgan fingerprint density at radius 2 is 1.90 bits per heavy atom. The van der Waals surface area contributed by atoms with Crippen molar-refractivity contribution in [3.05, 3.63) is 30.6 Å². The molecule has 0 spiro atoms. The quantitative estimate of drug-likeness (QED) is 0.541. The number of hydrogen-bond donors (Lipinski definition) is 4. The van der Waals surface area contributed by atoms with Crippen molar-refractivity contribution in [2.24, 2.45) is 0 Å². The lowest BCUT2D eigenvalue weighted by Gasteiger charge is -2.23. The van der Waals surface area contributed by atoms with Gasteiger partial charge in [-0.15, -0.1) is 0 Å². The summed E-state index contributed by atoms with van der Waals surface area (Å²) in [5.41, 5.74) is 0.204. The van der Waals surface area contributed by atoms with Crippen molar-refractivity contribution in [1.82, 2.24) is 9.97 Å². The molecular weight excluding hydrogens is 274 g/mol. The molecule has 1 aromatic carbocycles. The molecule has 0 unspecified atom stereocenters. The molecule has 0 radical (unpaired) electrons. The molecule has 0 aliphatic heterocycles. The highest BCUT2D eigenvalue weighted by Crippen LogP contribution is 2.30. The topological polar surface area (TPSA) is 112 Å². The molecule has 2 aromatic heterocycles. The van der Waals surface area contributed by atoms with Crippen LogP contribution in [0.4, 0.5) is 5.82 Å². The van der Waals surface area contributed by atoms with Crippen LogP contribution in [-0.4, -0.2) is 50.6 Å². The van der Waals surface area contributed by atoms with Gasteiger partial charge in [0.1, 0.15) is 23.0 Å². The van der Waals surface area contributed by atoms with Crippen LogP contribution in [0.25, 0.3) is 22.1 Å². The van der Waals surface area contributed by atoms with E-state index in [9.17, 15) is 5.11 Å². The van der Waals surface area contributed by atoms with E-state index in [1.807, 2.05) is 24.3 Å². The van der Waals surface area contributed by atoms with Gasteiger partial charge in [0.25, 0.3) is 0 Å². The lowest BCUT2D eigenvalue weighted by Crippen LogP contribution is -2.44. The van der Waals surface area contributed by atoms with Gasteiger partial charge >= 0.3 is 0 Å². The molecule has 0 bridgehead atoms. The number of fused-ring (bicyclic) bond motifs is 3. The first kappa shape index (κ1) is 13.7. The zero-order valence-corrected chi connectivity index (χ0v) is 11.2. The van der Waals surface area contributed by atoms with Gasteiger partial charge < -0.3 is 25.1 Å². The molecule has 7 nitrogen and oxygen atoms in total.